The minimum absolute atomic E-state index is 0.267. The summed E-state index contributed by atoms with van der Waals surface area (Å²) < 4.78 is 2.65. The van der Waals surface area contributed by atoms with Gasteiger partial charge in [-0.3, -0.25) is 4.57 Å². The normalized spacial score (nSPS) is 10.8. The number of nitrogen functional groups attached to an aromatic ring is 1. The minimum Gasteiger partial charge on any atom is -0.397 e. The van der Waals surface area contributed by atoms with Gasteiger partial charge in [0.1, 0.15) is 6.33 Å². The van der Waals surface area contributed by atoms with Crippen molar-refractivity contribution in [2.75, 3.05) is 5.73 Å². The van der Waals surface area contributed by atoms with E-state index in [4.69, 9.17) is 28.9 Å². The van der Waals surface area contributed by atoms with Gasteiger partial charge in [0.15, 0.2) is 0 Å². The van der Waals surface area contributed by atoms with Crippen LogP contribution in [-0.2, 0) is 6.54 Å². The second-order valence-corrected chi connectivity index (χ2v) is 4.25. The second kappa shape index (κ2) is 4.43. The number of nitrogens with zero attached hydrogens (tertiary/aromatic N) is 3. The molecule has 0 unspecified atom stereocenters. The number of nitrogens with two attached hydrogens (primary N) is 1. The highest BCUT2D eigenvalue weighted by Gasteiger charge is 2.11. The number of hydrogen-bond acceptors (Lipinski definition) is 3. The van der Waals surface area contributed by atoms with Gasteiger partial charge in [0.2, 0.25) is 0 Å². The van der Waals surface area contributed by atoms with E-state index in [2.05, 4.69) is 5.10 Å². The van der Waals surface area contributed by atoms with Crippen LogP contribution in [0.4, 0.5) is 5.69 Å². The van der Waals surface area contributed by atoms with Crippen molar-refractivity contribution >= 4 is 28.9 Å². The number of halogens is 2. The molecule has 0 aliphatic carbocycles. The van der Waals surface area contributed by atoms with E-state index in [9.17, 15) is 4.79 Å². The lowest BCUT2D eigenvalue weighted by atomic mass is 10.3. The molecule has 0 fully saturated rings. The summed E-state index contributed by atoms with van der Waals surface area (Å²) in [6.07, 6.45) is 1.45. The average Bonchev–Trinajstić information content (AvgIpc) is 2.65. The van der Waals surface area contributed by atoms with Crippen LogP contribution in [0.25, 0.3) is 5.69 Å². The molecule has 5 nitrogen and oxygen atoms in total. The van der Waals surface area contributed by atoms with Gasteiger partial charge in [0.05, 0.1) is 21.4 Å². The first-order valence-corrected chi connectivity index (χ1v) is 5.69. The highest BCUT2D eigenvalue weighted by molar-refractivity contribution is 6.37. The largest absolute Gasteiger partial charge is 0.397 e. The van der Waals surface area contributed by atoms with Gasteiger partial charge in [-0.2, -0.15) is 9.78 Å². The van der Waals surface area contributed by atoms with Gasteiger partial charge >= 0.3 is 5.69 Å². The second-order valence-electron chi connectivity index (χ2n) is 3.44. The molecule has 0 radical (unpaired) electrons. The number of aromatic nitrogens is 3. The van der Waals surface area contributed by atoms with E-state index in [1.165, 1.54) is 27.7 Å². The lowest BCUT2D eigenvalue weighted by Crippen LogP contribution is -2.23. The summed E-state index contributed by atoms with van der Waals surface area (Å²) in [5, 5.41) is 4.65. The molecule has 17 heavy (non-hydrogen) atoms. The molecule has 0 bridgehead atoms. The van der Waals surface area contributed by atoms with Crippen LogP contribution in [-0.4, -0.2) is 14.3 Å². The Bertz CT molecular complexity index is 617. The summed E-state index contributed by atoms with van der Waals surface area (Å²) in [7, 11) is 0. The molecule has 0 spiro atoms. The Morgan fingerprint density at radius 3 is 2.65 bits per heavy atom. The molecule has 90 valence electrons. The van der Waals surface area contributed by atoms with Crippen LogP contribution in [0.1, 0.15) is 6.92 Å². The number of aryl methyl sites for hydroxylation is 1. The molecule has 1 aromatic carbocycles. The fourth-order valence-corrected chi connectivity index (χ4v) is 1.90. The van der Waals surface area contributed by atoms with E-state index in [1.54, 1.807) is 0 Å². The molecule has 0 amide bonds. The fraction of sp³-hybridized carbons (Fsp3) is 0.200. The molecular weight excluding hydrogens is 263 g/mol. The van der Waals surface area contributed by atoms with Crippen molar-refractivity contribution in [3.8, 4) is 5.69 Å². The molecule has 0 atom stereocenters. The van der Waals surface area contributed by atoms with E-state index in [-0.39, 0.29) is 5.69 Å². The molecule has 7 heteroatoms. The zero-order valence-electron chi connectivity index (χ0n) is 9.02. The van der Waals surface area contributed by atoms with Crippen molar-refractivity contribution in [2.45, 2.75) is 13.5 Å². The van der Waals surface area contributed by atoms with Crippen molar-refractivity contribution in [2.24, 2.45) is 0 Å². The lowest BCUT2D eigenvalue weighted by molar-refractivity contribution is 0.712. The fourth-order valence-electron chi connectivity index (χ4n) is 1.43. The maximum Gasteiger partial charge on any atom is 0.350 e. The highest BCUT2D eigenvalue weighted by atomic mass is 35.5. The predicted molar refractivity (Wildman–Crippen MR) is 67.9 cm³/mol. The van der Waals surface area contributed by atoms with E-state index >= 15 is 0 Å². The average molecular weight is 273 g/mol. The van der Waals surface area contributed by atoms with Crippen LogP contribution in [0.5, 0.6) is 0 Å². The smallest absolute Gasteiger partial charge is 0.350 e. The maximum atomic E-state index is 11.9. The molecule has 2 N–H and O–H groups in total. The Balaban J connectivity index is 2.64. The van der Waals surface area contributed by atoms with E-state index in [0.717, 1.165) is 0 Å². The zero-order valence-corrected chi connectivity index (χ0v) is 10.5. The van der Waals surface area contributed by atoms with Gasteiger partial charge in [-0.1, -0.05) is 23.2 Å². The number of benzene rings is 1. The molecule has 0 aliphatic heterocycles. The number of anilines is 1. The lowest BCUT2D eigenvalue weighted by Gasteiger charge is -2.05. The molecule has 1 heterocycles. The van der Waals surface area contributed by atoms with Gasteiger partial charge < -0.3 is 5.73 Å². The Morgan fingerprint density at radius 1 is 1.35 bits per heavy atom. The number of hydrogen-bond donors (Lipinski definition) is 1. The Labute approximate surface area is 107 Å². The number of rotatable bonds is 2. The first-order valence-electron chi connectivity index (χ1n) is 4.94. The van der Waals surface area contributed by atoms with Gasteiger partial charge in [-0.05, 0) is 19.1 Å². The standard InChI is InChI=1S/C10H10Cl2N4O/c1-2-15-5-14-16(10(15)17)9-4-8(13)6(11)3-7(9)12/h3-5H,2,13H2,1H3. The van der Waals surface area contributed by atoms with Crippen LogP contribution in [0.15, 0.2) is 23.3 Å². The van der Waals surface area contributed by atoms with Gasteiger partial charge in [-0.15, -0.1) is 0 Å². The van der Waals surface area contributed by atoms with E-state index in [0.29, 0.717) is 28.0 Å². The summed E-state index contributed by atoms with van der Waals surface area (Å²) in [5.41, 5.74) is 6.18. The Hall–Kier alpha value is -1.46. The summed E-state index contributed by atoms with van der Waals surface area (Å²) in [5.74, 6) is 0. The zero-order chi connectivity index (χ0) is 12.6. The van der Waals surface area contributed by atoms with Gasteiger partial charge in [0, 0.05) is 6.54 Å². The first-order chi connectivity index (χ1) is 8.04. The molecule has 1 aromatic heterocycles. The topological polar surface area (TPSA) is 65.8 Å². The Kier molecular flexibility index (Phi) is 3.13. The maximum absolute atomic E-state index is 11.9. The van der Waals surface area contributed by atoms with Crippen LogP contribution in [0.3, 0.4) is 0 Å². The minimum atomic E-state index is -0.267. The predicted octanol–water partition coefficient (Wildman–Crippen LogP) is 1.94. The molecule has 0 aliphatic rings. The van der Waals surface area contributed by atoms with Crippen molar-refractivity contribution < 1.29 is 0 Å². The summed E-state index contributed by atoms with van der Waals surface area (Å²) in [4.78, 5) is 11.9. The van der Waals surface area contributed by atoms with E-state index < -0.39 is 0 Å². The van der Waals surface area contributed by atoms with Crippen LogP contribution in [0, 0.1) is 0 Å². The highest BCUT2D eigenvalue weighted by Crippen LogP contribution is 2.28. The molecule has 2 aromatic rings. The monoisotopic (exact) mass is 272 g/mol. The van der Waals surface area contributed by atoms with Gasteiger partial charge in [-0.25, -0.2) is 4.79 Å². The van der Waals surface area contributed by atoms with Crippen molar-refractivity contribution in [1.82, 2.24) is 14.3 Å². The molecule has 0 saturated carbocycles. The SMILES string of the molecule is CCn1cnn(-c2cc(N)c(Cl)cc2Cl)c1=O. The summed E-state index contributed by atoms with van der Waals surface area (Å²) >= 11 is 11.8. The Morgan fingerprint density at radius 2 is 2.06 bits per heavy atom. The van der Waals surface area contributed by atoms with Crippen molar-refractivity contribution in [3.05, 3.63) is 39.0 Å². The van der Waals surface area contributed by atoms with Crippen LogP contribution in [0.2, 0.25) is 10.0 Å². The van der Waals surface area contributed by atoms with Crippen LogP contribution < -0.4 is 11.4 Å². The third-order valence-electron chi connectivity index (χ3n) is 2.37. The third-order valence-corrected chi connectivity index (χ3v) is 3.00. The van der Waals surface area contributed by atoms with Crippen molar-refractivity contribution in [1.29, 1.82) is 0 Å². The van der Waals surface area contributed by atoms with E-state index in [1.807, 2.05) is 6.92 Å². The third kappa shape index (κ3) is 2.03. The molecule has 0 saturated heterocycles. The quantitative estimate of drug-likeness (QED) is 0.850. The van der Waals surface area contributed by atoms with Crippen LogP contribution >= 0.6 is 23.2 Å². The first kappa shape index (κ1) is 12.0. The van der Waals surface area contributed by atoms with Crippen molar-refractivity contribution in [3.63, 3.8) is 0 Å². The molecule has 2 rings (SSSR count). The summed E-state index contributed by atoms with van der Waals surface area (Å²) in [6, 6.07) is 3.02. The molecular formula is C10H10Cl2N4O. The summed E-state index contributed by atoms with van der Waals surface area (Å²) in [6.45, 7) is 2.39. The van der Waals surface area contributed by atoms with Gasteiger partial charge in [0.25, 0.3) is 0 Å².